The molecule has 222 valence electrons. The number of anilines is 2. The highest BCUT2D eigenvalue weighted by atomic mass is 127. The molecule has 5 nitrogen and oxygen atoms in total. The van der Waals surface area contributed by atoms with Crippen LogP contribution in [0.5, 0.6) is 0 Å². The van der Waals surface area contributed by atoms with E-state index < -0.39 is 0 Å². The van der Waals surface area contributed by atoms with Gasteiger partial charge in [0.15, 0.2) is 0 Å². The molecule has 6 rings (SSSR count). The number of benzene rings is 3. The number of rotatable bonds is 6. The number of nitrogens with zero attached hydrogens (tertiary/aromatic N) is 1. The molecular weight excluding hydrogens is 633 g/mol. The summed E-state index contributed by atoms with van der Waals surface area (Å²) in [6.07, 6.45) is 9.21. The minimum Gasteiger partial charge on any atom is -0.377 e. The number of hydrogen-bond acceptors (Lipinski definition) is 4. The average Bonchev–Trinajstić information content (AvgIpc) is 3.43. The zero-order chi connectivity index (χ0) is 28.4. The van der Waals surface area contributed by atoms with Gasteiger partial charge in [-0.1, -0.05) is 43.3 Å². The fraction of sp³-hybridized carbons (Fsp3) is 0.417. The van der Waals surface area contributed by atoms with Crippen LogP contribution < -0.4 is 16.0 Å². The molecule has 6 heteroatoms. The van der Waals surface area contributed by atoms with E-state index in [4.69, 9.17) is 10.5 Å². The molecule has 0 bridgehead atoms. The number of hydrogen-bond donors (Lipinski definition) is 2. The lowest BCUT2D eigenvalue weighted by atomic mass is 9.78. The van der Waals surface area contributed by atoms with Gasteiger partial charge in [0, 0.05) is 48.1 Å². The molecule has 0 saturated carbocycles. The quantitative estimate of drug-likeness (QED) is 0.264. The second-order valence-electron chi connectivity index (χ2n) is 12.5. The van der Waals surface area contributed by atoms with Crippen molar-refractivity contribution >= 4 is 47.3 Å². The predicted molar refractivity (Wildman–Crippen MR) is 185 cm³/mol. The van der Waals surface area contributed by atoms with Crippen molar-refractivity contribution in [2.45, 2.75) is 70.4 Å². The molecule has 3 N–H and O–H groups in total. The largest absolute Gasteiger partial charge is 0.377 e. The molecule has 0 spiro atoms. The molecule has 0 aromatic heterocycles. The second-order valence-corrected chi connectivity index (χ2v) is 12.5. The van der Waals surface area contributed by atoms with Gasteiger partial charge in [0.05, 0.1) is 6.10 Å². The molecular formula is C36H44IN3O2. The van der Waals surface area contributed by atoms with E-state index in [2.05, 4.69) is 84.7 Å². The Kier molecular flexibility index (Phi) is 9.75. The van der Waals surface area contributed by atoms with Crippen LogP contribution in [-0.4, -0.2) is 37.2 Å². The van der Waals surface area contributed by atoms with Crippen molar-refractivity contribution in [3.8, 4) is 11.1 Å². The first-order valence-corrected chi connectivity index (χ1v) is 15.4. The number of halogens is 1. The van der Waals surface area contributed by atoms with Crippen molar-refractivity contribution in [1.29, 1.82) is 0 Å². The van der Waals surface area contributed by atoms with E-state index in [9.17, 15) is 4.79 Å². The summed E-state index contributed by atoms with van der Waals surface area (Å²) in [4.78, 5) is 15.8. The molecule has 1 amide bonds. The van der Waals surface area contributed by atoms with Crippen LogP contribution in [0.1, 0.15) is 62.6 Å². The topological polar surface area (TPSA) is 67.6 Å². The molecule has 3 aromatic carbocycles. The number of aryl methyl sites for hydroxylation is 1. The van der Waals surface area contributed by atoms with Crippen LogP contribution in [-0.2, 0) is 22.4 Å². The first kappa shape index (κ1) is 30.8. The van der Waals surface area contributed by atoms with Gasteiger partial charge < -0.3 is 20.7 Å². The Morgan fingerprint density at radius 3 is 2.43 bits per heavy atom. The van der Waals surface area contributed by atoms with Crippen LogP contribution in [0.2, 0.25) is 0 Å². The van der Waals surface area contributed by atoms with Gasteiger partial charge in [-0.25, -0.2) is 0 Å². The number of carbonyl (C=O) groups is 1. The third-order valence-electron chi connectivity index (χ3n) is 9.55. The summed E-state index contributed by atoms with van der Waals surface area (Å²) in [6.45, 7) is 7.33. The monoisotopic (exact) mass is 677 g/mol. The van der Waals surface area contributed by atoms with Crippen molar-refractivity contribution in [1.82, 2.24) is 0 Å². The second kappa shape index (κ2) is 13.3. The SMILES string of the molecule is CC1C(Cc2ccc(NC(=O)C3=Cc4cc(-c5ccc(N6CCCC6)cc5)ccc4CCC3)cc2)OCCC1(C)N.I. The standard InChI is InChI=1S/C36H43N3O2.HI/c1-25-34(41-21-18-36(25,2)37)22-26-8-14-32(15-9-26)38-35(40)30-7-5-6-27-10-11-29(23-31(27)24-30)28-12-16-33(17-13-28)39-19-3-4-20-39;/h8-17,23-25,34H,3-7,18-22,37H2,1-2H3,(H,38,40);1H. The Morgan fingerprint density at radius 2 is 1.69 bits per heavy atom. The van der Waals surface area contributed by atoms with Crippen LogP contribution in [0.15, 0.2) is 72.3 Å². The number of fused-ring (bicyclic) bond motifs is 1. The summed E-state index contributed by atoms with van der Waals surface area (Å²) in [5.74, 6) is 0.268. The third-order valence-corrected chi connectivity index (χ3v) is 9.55. The maximum atomic E-state index is 13.3. The summed E-state index contributed by atoms with van der Waals surface area (Å²) in [5.41, 5.74) is 15.3. The maximum absolute atomic E-state index is 13.3. The van der Waals surface area contributed by atoms with Gasteiger partial charge in [-0.3, -0.25) is 4.79 Å². The maximum Gasteiger partial charge on any atom is 0.251 e. The van der Waals surface area contributed by atoms with E-state index in [-0.39, 0.29) is 47.4 Å². The Balaban J connectivity index is 0.00000353. The predicted octanol–water partition coefficient (Wildman–Crippen LogP) is 7.62. The van der Waals surface area contributed by atoms with E-state index >= 15 is 0 Å². The highest BCUT2D eigenvalue weighted by molar-refractivity contribution is 14.0. The van der Waals surface area contributed by atoms with E-state index in [1.54, 1.807) is 0 Å². The molecule has 3 atom stereocenters. The van der Waals surface area contributed by atoms with Gasteiger partial charge in [0.25, 0.3) is 5.91 Å². The Bertz CT molecular complexity index is 1410. The molecule has 0 radical (unpaired) electrons. The van der Waals surface area contributed by atoms with E-state index in [1.165, 1.54) is 40.8 Å². The van der Waals surface area contributed by atoms with Crippen molar-refractivity contribution in [3.63, 3.8) is 0 Å². The minimum atomic E-state index is -0.194. The molecule has 2 saturated heterocycles. The first-order valence-electron chi connectivity index (χ1n) is 15.4. The number of nitrogens with one attached hydrogen (secondary N) is 1. The summed E-state index contributed by atoms with van der Waals surface area (Å²) in [5, 5.41) is 3.14. The molecule has 2 heterocycles. The van der Waals surface area contributed by atoms with Crippen LogP contribution in [0.4, 0.5) is 11.4 Å². The number of nitrogens with two attached hydrogens (primary N) is 1. The lowest BCUT2D eigenvalue weighted by Crippen LogP contribution is -2.53. The van der Waals surface area contributed by atoms with Crippen LogP contribution in [0.25, 0.3) is 17.2 Å². The van der Waals surface area contributed by atoms with Gasteiger partial charge in [0.1, 0.15) is 0 Å². The molecule has 3 aliphatic rings. The fourth-order valence-corrected chi connectivity index (χ4v) is 6.52. The highest BCUT2D eigenvalue weighted by Crippen LogP contribution is 2.32. The zero-order valence-corrected chi connectivity index (χ0v) is 27.2. The van der Waals surface area contributed by atoms with Gasteiger partial charge in [-0.05, 0) is 116 Å². The van der Waals surface area contributed by atoms with Crippen LogP contribution >= 0.6 is 24.0 Å². The van der Waals surface area contributed by atoms with Crippen molar-refractivity contribution < 1.29 is 9.53 Å². The normalized spacial score (nSPS) is 23.8. The molecule has 2 aliphatic heterocycles. The lowest BCUT2D eigenvalue weighted by Gasteiger charge is -2.42. The minimum absolute atomic E-state index is 0. The Labute approximate surface area is 267 Å². The van der Waals surface area contributed by atoms with E-state index in [0.717, 1.165) is 62.0 Å². The third kappa shape index (κ3) is 6.92. The van der Waals surface area contributed by atoms with Crippen LogP contribution in [0, 0.1) is 5.92 Å². The van der Waals surface area contributed by atoms with Crippen LogP contribution in [0.3, 0.4) is 0 Å². The number of carbonyl (C=O) groups excluding carboxylic acids is 1. The Hall–Kier alpha value is -2.68. The average molecular weight is 678 g/mol. The highest BCUT2D eigenvalue weighted by Gasteiger charge is 2.37. The fourth-order valence-electron chi connectivity index (χ4n) is 6.52. The van der Waals surface area contributed by atoms with Crippen molar-refractivity contribution in [2.24, 2.45) is 11.7 Å². The van der Waals surface area contributed by atoms with E-state index in [1.807, 2.05) is 12.1 Å². The van der Waals surface area contributed by atoms with E-state index in [0.29, 0.717) is 6.61 Å². The first-order chi connectivity index (χ1) is 19.9. The number of ether oxygens (including phenoxy) is 1. The summed E-state index contributed by atoms with van der Waals surface area (Å²) >= 11 is 0. The molecule has 42 heavy (non-hydrogen) atoms. The van der Waals surface area contributed by atoms with Gasteiger partial charge in [-0.15, -0.1) is 24.0 Å². The molecule has 2 fully saturated rings. The molecule has 3 aromatic rings. The van der Waals surface area contributed by atoms with Gasteiger partial charge in [-0.2, -0.15) is 0 Å². The number of amides is 1. The van der Waals surface area contributed by atoms with Crippen molar-refractivity contribution in [2.75, 3.05) is 29.9 Å². The summed E-state index contributed by atoms with van der Waals surface area (Å²) < 4.78 is 6.05. The summed E-state index contributed by atoms with van der Waals surface area (Å²) in [6, 6.07) is 23.8. The van der Waals surface area contributed by atoms with Crippen molar-refractivity contribution in [3.05, 3.63) is 89.0 Å². The van der Waals surface area contributed by atoms with Gasteiger partial charge in [0.2, 0.25) is 0 Å². The molecule has 1 aliphatic carbocycles. The molecule has 3 unspecified atom stereocenters. The zero-order valence-electron chi connectivity index (χ0n) is 24.9. The lowest BCUT2D eigenvalue weighted by molar-refractivity contribution is -0.112. The Morgan fingerprint density at radius 1 is 0.976 bits per heavy atom. The summed E-state index contributed by atoms with van der Waals surface area (Å²) in [7, 11) is 0. The smallest absolute Gasteiger partial charge is 0.251 e. The van der Waals surface area contributed by atoms with Gasteiger partial charge >= 0.3 is 0 Å².